The van der Waals surface area contributed by atoms with Crippen LogP contribution < -0.4 is 9.80 Å². The van der Waals surface area contributed by atoms with Crippen LogP contribution in [0.15, 0.2) is 52.3 Å². The number of para-hydroxylation sites is 1. The predicted molar refractivity (Wildman–Crippen MR) is 113 cm³/mol. The average molecular weight is 455 g/mol. The van der Waals surface area contributed by atoms with Crippen LogP contribution in [0.25, 0.3) is 0 Å². The molecule has 0 aliphatic carbocycles. The van der Waals surface area contributed by atoms with E-state index in [0.717, 1.165) is 57.0 Å². The first-order valence-electron chi connectivity index (χ1n) is 10.5. The molecule has 2 heterocycles. The number of benzene rings is 2. The van der Waals surface area contributed by atoms with Gasteiger partial charge in [-0.2, -0.15) is 13.2 Å². The zero-order chi connectivity index (χ0) is 22.0. The van der Waals surface area contributed by atoms with Crippen LogP contribution in [-0.2, 0) is 17.0 Å². The van der Waals surface area contributed by atoms with Crippen LogP contribution in [0.4, 0.5) is 24.5 Å². The number of nitrogens with one attached hydrogen (secondary N) is 1. The van der Waals surface area contributed by atoms with Crippen molar-refractivity contribution in [2.45, 2.75) is 22.4 Å². The molecule has 1 unspecified atom stereocenters. The Hall–Kier alpha value is -1.94. The van der Waals surface area contributed by atoms with Crippen molar-refractivity contribution in [1.82, 2.24) is 4.90 Å². The summed E-state index contributed by atoms with van der Waals surface area (Å²) < 4.78 is 53.0. The Morgan fingerprint density at radius 1 is 1.00 bits per heavy atom. The molecule has 2 aromatic rings. The van der Waals surface area contributed by atoms with E-state index in [1.807, 2.05) is 17.0 Å². The molecule has 4 rings (SSSR count). The van der Waals surface area contributed by atoms with Crippen molar-refractivity contribution < 1.29 is 27.4 Å². The van der Waals surface area contributed by atoms with Crippen LogP contribution >= 0.6 is 0 Å². The van der Waals surface area contributed by atoms with E-state index in [4.69, 9.17) is 5.11 Å². The number of anilines is 2. The van der Waals surface area contributed by atoms with Gasteiger partial charge in [0.25, 0.3) is 0 Å². The van der Waals surface area contributed by atoms with Crippen molar-refractivity contribution in [3.05, 3.63) is 48.0 Å². The Bertz CT molecular complexity index is 946. The number of nitrogens with zero attached hydrogens (tertiary/aromatic N) is 2. The molecule has 2 aromatic carbocycles. The topological polar surface area (TPSA) is 48.2 Å². The molecule has 1 atom stereocenters. The zero-order valence-electron chi connectivity index (χ0n) is 17.2. The largest absolute Gasteiger partial charge is 0.416 e. The number of hydrogen-bond acceptors (Lipinski definition) is 4. The van der Waals surface area contributed by atoms with E-state index in [1.165, 1.54) is 11.0 Å². The number of aliphatic hydroxyl groups excluding tert-OH is 1. The second-order valence-electron chi connectivity index (χ2n) is 7.99. The Labute approximate surface area is 182 Å². The Kier molecular flexibility index (Phi) is 6.66. The van der Waals surface area contributed by atoms with Crippen molar-refractivity contribution in [3.63, 3.8) is 0 Å². The van der Waals surface area contributed by atoms with Crippen molar-refractivity contribution >= 4 is 22.2 Å². The summed E-state index contributed by atoms with van der Waals surface area (Å²) in [5, 5.41) is 9.07. The molecule has 31 heavy (non-hydrogen) atoms. The molecule has 1 fully saturated rings. The van der Waals surface area contributed by atoms with Crippen LogP contribution in [0.3, 0.4) is 0 Å². The highest BCUT2D eigenvalue weighted by molar-refractivity contribution is 7.85. The average Bonchev–Trinajstić information content (AvgIpc) is 2.76. The zero-order valence-corrected chi connectivity index (χ0v) is 18.0. The lowest BCUT2D eigenvalue weighted by Crippen LogP contribution is -3.14. The molecule has 0 bridgehead atoms. The number of rotatable bonds is 6. The van der Waals surface area contributed by atoms with Gasteiger partial charge >= 0.3 is 6.18 Å². The molecule has 0 spiro atoms. The molecule has 9 heteroatoms. The maximum atomic E-state index is 13.3. The summed E-state index contributed by atoms with van der Waals surface area (Å²) in [6.07, 6.45) is -3.64. The molecule has 2 aliphatic heterocycles. The fourth-order valence-electron chi connectivity index (χ4n) is 4.36. The minimum atomic E-state index is -4.45. The molecule has 0 amide bonds. The number of fused-ring (bicyclic) bond motifs is 2. The SMILES string of the molecule is O=S1c2ccccc2N(CCC[NH+]2CCN(CCO)CC2)c2cc(C(F)(F)F)ccc21. The quantitative estimate of drug-likeness (QED) is 0.700. The third-order valence-corrected chi connectivity index (χ3v) is 7.51. The van der Waals surface area contributed by atoms with Crippen LogP contribution in [-0.4, -0.2) is 66.6 Å². The first kappa shape index (κ1) is 22.3. The number of aliphatic hydroxyl groups is 1. The highest BCUT2D eigenvalue weighted by Crippen LogP contribution is 2.44. The maximum absolute atomic E-state index is 13.3. The van der Waals surface area contributed by atoms with Crippen LogP contribution in [0, 0.1) is 0 Å². The normalized spacial score (nSPS) is 19.9. The monoisotopic (exact) mass is 454 g/mol. The number of halogens is 3. The predicted octanol–water partition coefficient (Wildman–Crippen LogP) is 1.91. The Morgan fingerprint density at radius 3 is 2.42 bits per heavy atom. The van der Waals surface area contributed by atoms with Gasteiger partial charge < -0.3 is 14.9 Å². The van der Waals surface area contributed by atoms with E-state index in [-0.39, 0.29) is 6.61 Å². The molecule has 2 N–H and O–H groups in total. The van der Waals surface area contributed by atoms with E-state index >= 15 is 0 Å². The molecule has 168 valence electrons. The van der Waals surface area contributed by atoms with Gasteiger partial charge in [0.15, 0.2) is 0 Å². The molecule has 0 radical (unpaired) electrons. The van der Waals surface area contributed by atoms with Gasteiger partial charge in [-0.1, -0.05) is 12.1 Å². The number of hydrogen-bond donors (Lipinski definition) is 2. The van der Waals surface area contributed by atoms with E-state index in [1.54, 1.807) is 12.1 Å². The minimum Gasteiger partial charge on any atom is -0.395 e. The second kappa shape index (κ2) is 9.28. The molecule has 5 nitrogen and oxygen atoms in total. The van der Waals surface area contributed by atoms with Crippen molar-refractivity contribution in [2.24, 2.45) is 0 Å². The first-order chi connectivity index (χ1) is 14.9. The summed E-state index contributed by atoms with van der Waals surface area (Å²) >= 11 is 0. The third-order valence-electron chi connectivity index (χ3n) is 6.02. The molecule has 1 saturated heterocycles. The van der Waals surface area contributed by atoms with Gasteiger partial charge in [0.1, 0.15) is 0 Å². The lowest BCUT2D eigenvalue weighted by molar-refractivity contribution is -0.904. The summed E-state index contributed by atoms with van der Waals surface area (Å²) in [6.45, 7) is 6.23. The summed E-state index contributed by atoms with van der Waals surface area (Å²) in [4.78, 5) is 6.67. The summed E-state index contributed by atoms with van der Waals surface area (Å²) in [6, 6.07) is 10.7. The lowest BCUT2D eigenvalue weighted by atomic mass is 10.1. The van der Waals surface area contributed by atoms with Crippen LogP contribution in [0.2, 0.25) is 0 Å². The molecular formula is C22H27F3N3O2S+. The van der Waals surface area contributed by atoms with Crippen molar-refractivity contribution in [1.29, 1.82) is 0 Å². The summed E-state index contributed by atoms with van der Waals surface area (Å²) in [7, 11) is -1.50. The second-order valence-corrected chi connectivity index (χ2v) is 9.40. The molecular weight excluding hydrogens is 427 g/mol. The van der Waals surface area contributed by atoms with Gasteiger partial charge in [-0.3, -0.25) is 4.90 Å². The van der Waals surface area contributed by atoms with Crippen molar-refractivity contribution in [2.75, 3.05) is 57.3 Å². The first-order valence-corrected chi connectivity index (χ1v) is 11.7. The van der Waals surface area contributed by atoms with Gasteiger partial charge in [0.05, 0.1) is 63.8 Å². The smallest absolute Gasteiger partial charge is 0.395 e. The van der Waals surface area contributed by atoms with Crippen LogP contribution in [0.1, 0.15) is 12.0 Å². The Morgan fingerprint density at radius 2 is 1.71 bits per heavy atom. The minimum absolute atomic E-state index is 0.171. The van der Waals surface area contributed by atoms with Crippen molar-refractivity contribution in [3.8, 4) is 0 Å². The van der Waals surface area contributed by atoms with Gasteiger partial charge in [0.2, 0.25) is 0 Å². The van der Waals surface area contributed by atoms with Gasteiger partial charge in [-0.15, -0.1) is 0 Å². The molecule has 0 aromatic heterocycles. The van der Waals surface area contributed by atoms with Crippen LogP contribution in [0.5, 0.6) is 0 Å². The third kappa shape index (κ3) is 4.79. The highest BCUT2D eigenvalue weighted by atomic mass is 32.2. The van der Waals surface area contributed by atoms with Gasteiger partial charge in [-0.05, 0) is 30.3 Å². The van der Waals surface area contributed by atoms with Gasteiger partial charge in [0, 0.05) is 32.6 Å². The highest BCUT2D eigenvalue weighted by Gasteiger charge is 2.35. The molecule has 2 aliphatic rings. The lowest BCUT2D eigenvalue weighted by Gasteiger charge is -2.34. The maximum Gasteiger partial charge on any atom is 0.416 e. The van der Waals surface area contributed by atoms with Gasteiger partial charge in [-0.25, -0.2) is 4.21 Å². The summed E-state index contributed by atoms with van der Waals surface area (Å²) in [5.74, 6) is 0. The van der Waals surface area contributed by atoms with E-state index in [2.05, 4.69) is 4.90 Å². The van der Waals surface area contributed by atoms with E-state index in [9.17, 15) is 17.4 Å². The fraction of sp³-hybridized carbons (Fsp3) is 0.455. The standard InChI is InChI=1S/C22H26F3N3O2S/c23-22(24,25)17-6-7-21-19(16-17)28(18-4-1-2-5-20(18)31(21)30)9-3-8-26-10-12-27(13-11-26)14-15-29/h1-2,4-7,16,29H,3,8-15H2/p+1. The summed E-state index contributed by atoms with van der Waals surface area (Å²) in [5.41, 5.74) is 0.378. The fourth-order valence-corrected chi connectivity index (χ4v) is 5.72. The number of β-amino-alcohol motifs (C(OH)–C–C–N with tert-alkyl or cyclic N) is 1. The number of alkyl halides is 3. The molecule has 0 saturated carbocycles. The van der Waals surface area contributed by atoms with E-state index in [0.29, 0.717) is 28.6 Å². The number of piperazine rings is 1. The number of quaternary nitrogens is 1. The van der Waals surface area contributed by atoms with E-state index < -0.39 is 22.5 Å². The Balaban J connectivity index is 1.52.